The third-order valence-corrected chi connectivity index (χ3v) is 17.6. The zero-order valence-corrected chi connectivity index (χ0v) is 61.6. The third-order valence-electron chi connectivity index (χ3n) is 17.6. The molecule has 0 unspecified atom stereocenters. The van der Waals surface area contributed by atoms with Crippen molar-refractivity contribution in [2.45, 2.75) is 103 Å². The number of hydrogen-bond donors (Lipinski definition) is 5. The van der Waals surface area contributed by atoms with Gasteiger partial charge in [0.2, 0.25) is 23.6 Å². The van der Waals surface area contributed by atoms with E-state index in [2.05, 4.69) is 39.4 Å². The van der Waals surface area contributed by atoms with Crippen LogP contribution in [-0.2, 0) is 78.0 Å². The maximum absolute atomic E-state index is 14.3. The lowest BCUT2D eigenvalue weighted by atomic mass is 10.0. The molecule has 32 nitrogen and oxygen atoms in total. The van der Waals surface area contributed by atoms with E-state index in [0.717, 1.165) is 15.4 Å². The van der Waals surface area contributed by atoms with Crippen LogP contribution in [0.5, 0.6) is 23.0 Å². The van der Waals surface area contributed by atoms with Crippen molar-refractivity contribution in [3.63, 3.8) is 0 Å². The Hall–Kier alpha value is -9.38. The van der Waals surface area contributed by atoms with Crippen molar-refractivity contribution in [3.8, 4) is 23.0 Å². The van der Waals surface area contributed by atoms with Crippen molar-refractivity contribution in [3.05, 3.63) is 102 Å². The number of rotatable bonds is 48. The summed E-state index contributed by atoms with van der Waals surface area (Å²) in [6, 6.07) is 9.89. The number of carbonyl (C=O) groups excluding carboxylic acids is 9. The first kappa shape index (κ1) is 83.3. The molecule has 0 saturated carbocycles. The smallest absolute Gasteiger partial charge is 0.416 e. The van der Waals surface area contributed by atoms with E-state index in [-0.39, 0.29) is 112 Å². The number of nitrogens with zero attached hydrogens (tertiary/aromatic N) is 5. The number of unbranched alkanes of at least 4 members (excludes halogenated alkanes) is 2. The predicted octanol–water partition coefficient (Wildman–Crippen LogP) is 4.60. The highest BCUT2D eigenvalue weighted by molar-refractivity contribution is 6.13. The fourth-order valence-electron chi connectivity index (χ4n) is 11.9. The molecule has 2 saturated heterocycles. The molecule has 0 aromatic heterocycles. The van der Waals surface area contributed by atoms with Crippen molar-refractivity contribution in [1.82, 2.24) is 30.7 Å². The fourth-order valence-corrected chi connectivity index (χ4v) is 11.9. The Labute approximate surface area is 622 Å². The normalized spacial score (nSPS) is 17.1. The second kappa shape index (κ2) is 43.4. The molecule has 0 radical (unpaired) electrons. The summed E-state index contributed by atoms with van der Waals surface area (Å²) in [6.07, 6.45) is 4.48. The molecule has 32 heteroatoms. The van der Waals surface area contributed by atoms with Gasteiger partial charge in [0.05, 0.1) is 168 Å². The Kier molecular flexibility index (Phi) is 33.8. The van der Waals surface area contributed by atoms with E-state index in [1.165, 1.54) is 50.3 Å². The van der Waals surface area contributed by atoms with Crippen molar-refractivity contribution in [2.75, 3.05) is 170 Å². The van der Waals surface area contributed by atoms with Gasteiger partial charge in [0.1, 0.15) is 18.7 Å². The molecule has 0 bridgehead atoms. The maximum Gasteiger partial charge on any atom is 0.416 e. The number of fused-ring (bicyclic) bond motifs is 4. The molecule has 3 aromatic rings. The van der Waals surface area contributed by atoms with E-state index in [1.54, 1.807) is 61.4 Å². The van der Waals surface area contributed by atoms with Gasteiger partial charge in [-0.1, -0.05) is 50.3 Å². The number of benzene rings is 3. The molecule has 0 spiro atoms. The van der Waals surface area contributed by atoms with Crippen molar-refractivity contribution >= 4 is 76.6 Å². The maximum atomic E-state index is 14.3. The van der Waals surface area contributed by atoms with E-state index in [0.29, 0.717) is 171 Å². The summed E-state index contributed by atoms with van der Waals surface area (Å²) in [6.45, 7) is 19.9. The molecule has 5 heterocycles. The Bertz CT molecular complexity index is 3590. The van der Waals surface area contributed by atoms with Crippen molar-refractivity contribution in [1.29, 1.82) is 0 Å². The minimum atomic E-state index is -1.54. The summed E-state index contributed by atoms with van der Waals surface area (Å²) in [5, 5.41) is 22.8. The van der Waals surface area contributed by atoms with Gasteiger partial charge >= 0.3 is 6.09 Å². The number of ether oxygens (including phenoxy) is 13. The minimum Gasteiger partial charge on any atom is -0.493 e. The van der Waals surface area contributed by atoms with Crippen LogP contribution in [-0.4, -0.2) is 269 Å². The monoisotopic (exact) mass is 1500 g/mol. The minimum absolute atomic E-state index is 0.0160. The molecule has 3 aromatic carbocycles. The lowest BCUT2D eigenvalue weighted by Gasteiger charge is -2.31. The Morgan fingerprint density at radius 1 is 0.579 bits per heavy atom. The lowest BCUT2D eigenvalue weighted by molar-refractivity contribution is -0.137. The van der Waals surface area contributed by atoms with Crippen LogP contribution >= 0.6 is 0 Å². The average Bonchev–Trinajstić information content (AvgIpc) is 1.62. The molecule has 5 aliphatic rings. The number of methoxy groups -OCH3 is 2. The first-order valence-electron chi connectivity index (χ1n) is 36.0. The molecule has 0 aliphatic carbocycles. The SMILES string of the molecule is C=C1C[C@H]2C=Nc3cc(OCCCCCOc4cc5c(cc4OC)C(=O)N4CC(=C)C[C@H]4[C@H](O)N5C(=O)OCc4ccc(NC(=O)[C@H](C)NC(=O)[C@@H](NC(=O)CCOCCOCCOCCOCCOCCOCCOCCOCCNC(=O)CCN5C(=O)C=CC5=O)C(C)C)cc4)c(OC)cc3C(=O)N2C1. The van der Waals surface area contributed by atoms with Gasteiger partial charge in [0.15, 0.2) is 29.2 Å². The number of nitrogens with one attached hydrogen (secondary N) is 4. The molecule has 5 aliphatic heterocycles. The molecule has 9 amide bonds. The lowest BCUT2D eigenvalue weighted by Crippen LogP contribution is -2.53. The third kappa shape index (κ3) is 25.4. The van der Waals surface area contributed by atoms with Crippen LogP contribution in [0, 0.1) is 5.92 Å². The topological polar surface area (TPSA) is 367 Å². The number of aliphatic imine (C=N–C) groups is 1. The van der Waals surface area contributed by atoms with E-state index in [4.69, 9.17) is 61.6 Å². The van der Waals surface area contributed by atoms with Gasteiger partial charge in [-0.3, -0.25) is 48.2 Å². The first-order valence-corrected chi connectivity index (χ1v) is 36.0. The number of carbonyl (C=O) groups is 9. The number of imide groups is 1. The Morgan fingerprint density at radius 2 is 1.10 bits per heavy atom. The van der Waals surface area contributed by atoms with E-state index >= 15 is 0 Å². The van der Waals surface area contributed by atoms with Crippen LogP contribution in [0.25, 0.3) is 0 Å². The second-order valence-corrected chi connectivity index (χ2v) is 25.9. The molecular formula is C75H101N9O23. The van der Waals surface area contributed by atoms with Gasteiger partial charge in [0, 0.05) is 75.2 Å². The zero-order valence-electron chi connectivity index (χ0n) is 61.6. The number of amides is 9. The highest BCUT2D eigenvalue weighted by Crippen LogP contribution is 2.43. The average molecular weight is 1500 g/mol. The van der Waals surface area contributed by atoms with Crippen LogP contribution in [0.15, 0.2) is 90.0 Å². The van der Waals surface area contributed by atoms with E-state index < -0.39 is 65.9 Å². The summed E-state index contributed by atoms with van der Waals surface area (Å²) < 4.78 is 73.5. The predicted molar refractivity (Wildman–Crippen MR) is 389 cm³/mol. The number of aliphatic hydroxyl groups is 1. The van der Waals surface area contributed by atoms with Crippen LogP contribution in [0.2, 0.25) is 0 Å². The first-order chi connectivity index (χ1) is 51.7. The molecule has 584 valence electrons. The van der Waals surface area contributed by atoms with Gasteiger partial charge in [-0.05, 0) is 74.8 Å². The quantitative estimate of drug-likeness (QED) is 0.0293. The Balaban J connectivity index is 0.649. The van der Waals surface area contributed by atoms with Crippen LogP contribution < -0.4 is 45.1 Å². The summed E-state index contributed by atoms with van der Waals surface area (Å²) >= 11 is 0. The van der Waals surface area contributed by atoms with Gasteiger partial charge in [-0.15, -0.1) is 0 Å². The van der Waals surface area contributed by atoms with Crippen molar-refractivity contribution in [2.24, 2.45) is 10.9 Å². The highest BCUT2D eigenvalue weighted by atomic mass is 16.6. The summed E-state index contributed by atoms with van der Waals surface area (Å²) in [4.78, 5) is 126. The summed E-state index contributed by atoms with van der Waals surface area (Å²) in [5.41, 5.74) is 3.66. The molecule has 5 N–H and O–H groups in total. The van der Waals surface area contributed by atoms with Gasteiger partial charge in [-0.2, -0.15) is 0 Å². The van der Waals surface area contributed by atoms with Gasteiger partial charge < -0.3 is 97.8 Å². The summed E-state index contributed by atoms with van der Waals surface area (Å²) in [7, 11) is 2.95. The Morgan fingerprint density at radius 3 is 1.67 bits per heavy atom. The second-order valence-electron chi connectivity index (χ2n) is 25.9. The molecule has 8 rings (SSSR count). The fraction of sp³-hybridized carbons (Fsp3) is 0.547. The molecule has 107 heavy (non-hydrogen) atoms. The van der Waals surface area contributed by atoms with Crippen LogP contribution in [0.1, 0.15) is 92.0 Å². The largest absolute Gasteiger partial charge is 0.493 e. The molecular weight excluding hydrogens is 1390 g/mol. The number of anilines is 2. The number of aliphatic hydroxyl groups excluding tert-OH is 1. The zero-order chi connectivity index (χ0) is 76.6. The molecule has 2 fully saturated rings. The van der Waals surface area contributed by atoms with Crippen molar-refractivity contribution < 1.29 is 110 Å². The molecule has 5 atom stereocenters. The van der Waals surface area contributed by atoms with E-state index in [1.807, 2.05) is 0 Å². The highest BCUT2D eigenvalue weighted by Gasteiger charge is 2.47. The van der Waals surface area contributed by atoms with Gasteiger partial charge in [0.25, 0.3) is 23.6 Å². The number of hydrogen-bond acceptors (Lipinski definition) is 24. The standard InChI is InChI=1S/C75H101N9O23/c1-49(2)69(80-66(86)18-23-97-25-27-99-29-31-101-33-35-103-37-38-104-36-34-102-32-30-100-28-26-98-24-19-76-65(85)17-20-81-67(87)15-16-68(81)88)71(90)78-52(5)70(89)79-54-13-11-53(12-14-54)48-107-75(94)84-59-44-64(62(96-7)42-57(59)73(92)83-47-51(4)40-60(83)74(84)93)106-22-10-8-9-21-105-63-43-58-56(41-61(63)95-6)72(91)82-46-50(3)39-55(82)45-77-58/h11-16,41-45,49,52,55,60,69,74,93H,3-4,8-10,17-40,46-48H2,1-2,5-7H3,(H,76,85)(H,78,90)(H,79,89)(H,80,86)/t52-,55-,60-,69-,74-/m0/s1. The van der Waals surface area contributed by atoms with Crippen LogP contribution in [0.4, 0.5) is 21.9 Å². The summed E-state index contributed by atoms with van der Waals surface area (Å²) in [5.74, 6) is -2.17. The van der Waals surface area contributed by atoms with E-state index in [9.17, 15) is 48.3 Å². The van der Waals surface area contributed by atoms with Gasteiger partial charge in [-0.25, -0.2) is 9.69 Å². The van der Waals surface area contributed by atoms with Crippen LogP contribution in [0.3, 0.4) is 0 Å².